The predicted octanol–water partition coefficient (Wildman–Crippen LogP) is 2.06. The normalized spacial score (nSPS) is 11.8. The lowest BCUT2D eigenvalue weighted by Gasteiger charge is -2.13. The smallest absolute Gasteiger partial charge is 0.255 e. The molecule has 0 radical (unpaired) electrons. The number of nitrogens with zero attached hydrogens (tertiary/aromatic N) is 2. The van der Waals surface area contributed by atoms with Gasteiger partial charge in [0.05, 0.1) is 11.3 Å². The maximum atomic E-state index is 12.2. The molecule has 0 bridgehead atoms. The van der Waals surface area contributed by atoms with Gasteiger partial charge >= 0.3 is 0 Å². The summed E-state index contributed by atoms with van der Waals surface area (Å²) < 4.78 is 1.91. The monoisotopic (exact) mass is 302 g/mol. The SMILES string of the molecule is CCCn1nc(C)c(C(=O)NC[C@@H](C)NCC)c1C.Cl. The van der Waals surface area contributed by atoms with Crippen LogP contribution in [0.25, 0.3) is 0 Å². The second-order valence-electron chi connectivity index (χ2n) is 4.94. The van der Waals surface area contributed by atoms with Crippen molar-refractivity contribution in [2.24, 2.45) is 0 Å². The maximum absolute atomic E-state index is 12.2. The first-order valence-corrected chi connectivity index (χ1v) is 7.06. The molecule has 1 aromatic heterocycles. The molecule has 0 spiro atoms. The molecular weight excluding hydrogens is 276 g/mol. The molecule has 0 aromatic carbocycles. The Bertz CT molecular complexity index is 431. The van der Waals surface area contributed by atoms with Gasteiger partial charge in [0, 0.05) is 24.8 Å². The molecule has 1 aromatic rings. The van der Waals surface area contributed by atoms with Crippen LogP contribution < -0.4 is 10.6 Å². The molecule has 0 unspecified atom stereocenters. The number of nitrogens with one attached hydrogen (secondary N) is 2. The lowest BCUT2D eigenvalue weighted by atomic mass is 10.2. The number of hydrogen-bond acceptors (Lipinski definition) is 3. The topological polar surface area (TPSA) is 59.0 Å². The van der Waals surface area contributed by atoms with E-state index in [1.54, 1.807) is 0 Å². The predicted molar refractivity (Wildman–Crippen MR) is 84.7 cm³/mol. The van der Waals surface area contributed by atoms with Gasteiger partial charge in [0.25, 0.3) is 5.91 Å². The minimum Gasteiger partial charge on any atom is -0.350 e. The first-order chi connectivity index (χ1) is 9.01. The fourth-order valence-corrected chi connectivity index (χ4v) is 2.21. The van der Waals surface area contributed by atoms with Gasteiger partial charge in [0.2, 0.25) is 0 Å². The van der Waals surface area contributed by atoms with Crippen molar-refractivity contribution in [3.8, 4) is 0 Å². The quantitative estimate of drug-likeness (QED) is 0.810. The van der Waals surface area contributed by atoms with E-state index in [2.05, 4.69) is 36.5 Å². The first-order valence-electron chi connectivity index (χ1n) is 7.06. The Morgan fingerprint density at radius 1 is 1.35 bits per heavy atom. The van der Waals surface area contributed by atoms with Crippen molar-refractivity contribution < 1.29 is 4.79 Å². The average Bonchev–Trinajstić information content (AvgIpc) is 2.63. The summed E-state index contributed by atoms with van der Waals surface area (Å²) in [5, 5.41) is 10.7. The van der Waals surface area contributed by atoms with Crippen LogP contribution in [0.3, 0.4) is 0 Å². The average molecular weight is 303 g/mol. The largest absolute Gasteiger partial charge is 0.350 e. The number of carbonyl (C=O) groups excluding carboxylic acids is 1. The van der Waals surface area contributed by atoms with Gasteiger partial charge in [-0.25, -0.2) is 0 Å². The van der Waals surface area contributed by atoms with Crippen molar-refractivity contribution in [3.05, 3.63) is 17.0 Å². The molecule has 0 saturated heterocycles. The van der Waals surface area contributed by atoms with E-state index in [0.717, 1.165) is 36.5 Å². The fraction of sp³-hybridized carbons (Fsp3) is 0.714. The van der Waals surface area contributed by atoms with Gasteiger partial charge in [0.1, 0.15) is 0 Å². The fourth-order valence-electron chi connectivity index (χ4n) is 2.21. The van der Waals surface area contributed by atoms with Gasteiger partial charge in [-0.2, -0.15) is 5.10 Å². The summed E-state index contributed by atoms with van der Waals surface area (Å²) in [6.07, 6.45) is 1.01. The van der Waals surface area contributed by atoms with Crippen LogP contribution in [0, 0.1) is 13.8 Å². The van der Waals surface area contributed by atoms with Crippen LogP contribution in [0.4, 0.5) is 0 Å². The molecule has 0 saturated carbocycles. The standard InChI is InChI=1S/C14H26N4O.ClH/c1-6-8-18-12(5)13(11(4)17-18)14(19)16-9-10(3)15-7-2;/h10,15H,6-9H2,1-5H3,(H,16,19);1H/t10-;/m1./s1. The van der Waals surface area contributed by atoms with Gasteiger partial charge < -0.3 is 10.6 Å². The molecule has 116 valence electrons. The minimum absolute atomic E-state index is 0. The van der Waals surface area contributed by atoms with Crippen molar-refractivity contribution in [1.29, 1.82) is 0 Å². The summed E-state index contributed by atoms with van der Waals surface area (Å²) in [6.45, 7) is 12.5. The highest BCUT2D eigenvalue weighted by molar-refractivity contribution is 5.96. The maximum Gasteiger partial charge on any atom is 0.255 e. The van der Waals surface area contributed by atoms with Crippen LogP contribution in [0.5, 0.6) is 0 Å². The summed E-state index contributed by atoms with van der Waals surface area (Å²) in [4.78, 5) is 12.2. The zero-order valence-corrected chi connectivity index (χ0v) is 13.9. The molecule has 0 aliphatic carbocycles. The summed E-state index contributed by atoms with van der Waals surface area (Å²) >= 11 is 0. The molecule has 0 aliphatic heterocycles. The number of aryl methyl sites for hydroxylation is 2. The van der Waals surface area contributed by atoms with Crippen molar-refractivity contribution in [1.82, 2.24) is 20.4 Å². The van der Waals surface area contributed by atoms with E-state index in [1.165, 1.54) is 0 Å². The summed E-state index contributed by atoms with van der Waals surface area (Å²) in [5.74, 6) is -0.0258. The highest BCUT2D eigenvalue weighted by atomic mass is 35.5. The summed E-state index contributed by atoms with van der Waals surface area (Å²) in [6, 6.07) is 0.278. The van der Waals surface area contributed by atoms with Crippen LogP contribution in [-0.2, 0) is 6.54 Å². The molecule has 1 heterocycles. The van der Waals surface area contributed by atoms with E-state index in [4.69, 9.17) is 0 Å². The van der Waals surface area contributed by atoms with Crippen molar-refractivity contribution in [2.45, 2.75) is 53.6 Å². The highest BCUT2D eigenvalue weighted by Gasteiger charge is 2.18. The Morgan fingerprint density at radius 3 is 2.55 bits per heavy atom. The number of aromatic nitrogens is 2. The molecule has 20 heavy (non-hydrogen) atoms. The van der Waals surface area contributed by atoms with E-state index in [-0.39, 0.29) is 24.4 Å². The number of amides is 1. The Hall–Kier alpha value is -1.07. The van der Waals surface area contributed by atoms with Gasteiger partial charge in [-0.15, -0.1) is 12.4 Å². The third kappa shape index (κ3) is 4.80. The summed E-state index contributed by atoms with van der Waals surface area (Å²) in [7, 11) is 0. The third-order valence-corrected chi connectivity index (χ3v) is 3.17. The van der Waals surface area contributed by atoms with E-state index >= 15 is 0 Å². The molecule has 0 fully saturated rings. The van der Waals surface area contributed by atoms with Crippen molar-refractivity contribution in [2.75, 3.05) is 13.1 Å². The number of hydrogen-bond donors (Lipinski definition) is 2. The Labute approximate surface area is 127 Å². The molecule has 5 nitrogen and oxygen atoms in total. The number of likely N-dealkylation sites (N-methyl/N-ethyl adjacent to an activating group) is 1. The minimum atomic E-state index is -0.0258. The van der Waals surface area contributed by atoms with Crippen LogP contribution in [0.1, 0.15) is 48.9 Å². The molecule has 1 amide bonds. The number of carbonyl (C=O) groups is 1. The van der Waals surface area contributed by atoms with E-state index in [0.29, 0.717) is 6.54 Å². The van der Waals surface area contributed by atoms with Crippen molar-refractivity contribution >= 4 is 18.3 Å². The van der Waals surface area contributed by atoms with Gasteiger partial charge in [-0.1, -0.05) is 13.8 Å². The Balaban J connectivity index is 0.00000361. The molecule has 0 aliphatic rings. The van der Waals surface area contributed by atoms with Gasteiger partial charge in [-0.3, -0.25) is 9.48 Å². The lowest BCUT2D eigenvalue weighted by molar-refractivity contribution is 0.0949. The molecule has 1 atom stereocenters. The highest BCUT2D eigenvalue weighted by Crippen LogP contribution is 2.13. The Morgan fingerprint density at radius 2 is 2.00 bits per heavy atom. The second-order valence-corrected chi connectivity index (χ2v) is 4.94. The summed E-state index contributed by atoms with van der Waals surface area (Å²) in [5.41, 5.74) is 2.48. The van der Waals surface area contributed by atoms with Crippen molar-refractivity contribution in [3.63, 3.8) is 0 Å². The van der Waals surface area contributed by atoms with Crippen LogP contribution in [0.15, 0.2) is 0 Å². The Kier molecular flexibility index (Phi) is 8.49. The zero-order valence-electron chi connectivity index (χ0n) is 13.1. The van der Waals surface area contributed by atoms with E-state index in [1.807, 2.05) is 18.5 Å². The van der Waals surface area contributed by atoms with E-state index in [9.17, 15) is 4.79 Å². The van der Waals surface area contributed by atoms with E-state index < -0.39 is 0 Å². The second kappa shape index (κ2) is 8.97. The van der Waals surface area contributed by atoms with Gasteiger partial charge in [-0.05, 0) is 33.7 Å². The third-order valence-electron chi connectivity index (χ3n) is 3.17. The zero-order chi connectivity index (χ0) is 14.4. The van der Waals surface area contributed by atoms with Crippen LogP contribution in [-0.4, -0.2) is 34.8 Å². The number of rotatable bonds is 7. The molecule has 6 heteroatoms. The molecule has 2 N–H and O–H groups in total. The molecule has 1 rings (SSSR count). The van der Waals surface area contributed by atoms with Crippen LogP contribution >= 0.6 is 12.4 Å². The first kappa shape index (κ1) is 18.9. The number of halogens is 1. The lowest BCUT2D eigenvalue weighted by Crippen LogP contribution is -2.39. The molecular formula is C14H27ClN4O. The van der Waals surface area contributed by atoms with Crippen LogP contribution in [0.2, 0.25) is 0 Å². The van der Waals surface area contributed by atoms with Gasteiger partial charge in [0.15, 0.2) is 0 Å².